The number of aryl methyl sites for hydroxylation is 1. The average Bonchev–Trinajstić information content (AvgIpc) is 3.31. The molecule has 3 aliphatic rings. The van der Waals surface area contributed by atoms with Gasteiger partial charge in [0.15, 0.2) is 0 Å². The Balaban J connectivity index is 1.46. The lowest BCUT2D eigenvalue weighted by Crippen LogP contribution is -2.38. The number of piperidine rings is 1. The predicted molar refractivity (Wildman–Crippen MR) is 109 cm³/mol. The maximum atomic E-state index is 12.9. The number of hydrogen-bond acceptors (Lipinski definition) is 3. The SMILES string of the molecule is Cc1cc(C(=O)N2CCC(C)CC2)ccc1NC(=O)C1C2C=CC(C2)C1C(=O)O. The van der Waals surface area contributed by atoms with Crippen LogP contribution in [-0.2, 0) is 9.59 Å². The van der Waals surface area contributed by atoms with Gasteiger partial charge in [0.1, 0.15) is 0 Å². The fourth-order valence-electron chi connectivity index (χ4n) is 5.06. The number of carboxylic acids is 1. The molecule has 6 nitrogen and oxygen atoms in total. The number of carboxylic acid groups (broad SMARTS) is 1. The van der Waals surface area contributed by atoms with Crippen LogP contribution < -0.4 is 5.32 Å². The average molecular weight is 396 g/mol. The number of carbonyl (C=O) groups excluding carboxylic acids is 2. The van der Waals surface area contributed by atoms with Crippen LogP contribution in [0.15, 0.2) is 30.4 Å². The van der Waals surface area contributed by atoms with E-state index in [9.17, 15) is 19.5 Å². The van der Waals surface area contributed by atoms with Crippen molar-refractivity contribution in [2.45, 2.75) is 33.1 Å². The molecule has 1 heterocycles. The summed E-state index contributed by atoms with van der Waals surface area (Å²) in [7, 11) is 0. The largest absolute Gasteiger partial charge is 0.481 e. The number of nitrogens with one attached hydrogen (secondary N) is 1. The molecule has 4 unspecified atom stereocenters. The van der Waals surface area contributed by atoms with E-state index in [1.54, 1.807) is 12.1 Å². The number of nitrogens with zero attached hydrogens (tertiary/aromatic N) is 1. The van der Waals surface area contributed by atoms with Crippen molar-refractivity contribution in [2.24, 2.45) is 29.6 Å². The summed E-state index contributed by atoms with van der Waals surface area (Å²) in [5.41, 5.74) is 2.07. The van der Waals surface area contributed by atoms with Crippen molar-refractivity contribution in [3.63, 3.8) is 0 Å². The Hall–Kier alpha value is -2.63. The number of hydrogen-bond donors (Lipinski definition) is 2. The molecule has 2 bridgehead atoms. The third-order valence-electron chi connectivity index (χ3n) is 6.85. The van der Waals surface area contributed by atoms with Crippen LogP contribution in [0.1, 0.15) is 42.1 Å². The van der Waals surface area contributed by atoms with Gasteiger partial charge in [-0.15, -0.1) is 0 Å². The van der Waals surface area contributed by atoms with E-state index in [4.69, 9.17) is 0 Å². The van der Waals surface area contributed by atoms with Gasteiger partial charge in [-0.05, 0) is 67.7 Å². The van der Waals surface area contributed by atoms with Crippen molar-refractivity contribution >= 4 is 23.5 Å². The molecule has 29 heavy (non-hydrogen) atoms. The van der Waals surface area contributed by atoms with Gasteiger partial charge in [0.25, 0.3) is 5.91 Å². The molecule has 2 N–H and O–H groups in total. The lowest BCUT2D eigenvalue weighted by atomic mass is 9.82. The summed E-state index contributed by atoms with van der Waals surface area (Å²) in [5.74, 6) is -1.73. The first kappa shape index (κ1) is 19.7. The molecule has 2 amide bonds. The van der Waals surface area contributed by atoms with Gasteiger partial charge in [0.2, 0.25) is 5.91 Å². The highest BCUT2D eigenvalue weighted by Gasteiger charge is 2.51. The number of fused-ring (bicyclic) bond motifs is 2. The Morgan fingerprint density at radius 3 is 2.34 bits per heavy atom. The summed E-state index contributed by atoms with van der Waals surface area (Å²) < 4.78 is 0. The quantitative estimate of drug-likeness (QED) is 0.765. The first-order valence-electron chi connectivity index (χ1n) is 10.5. The predicted octanol–water partition coefficient (Wildman–Crippen LogP) is 3.33. The maximum Gasteiger partial charge on any atom is 0.307 e. The summed E-state index contributed by atoms with van der Waals surface area (Å²) in [6.07, 6.45) is 6.70. The molecular weight excluding hydrogens is 368 g/mol. The first-order chi connectivity index (χ1) is 13.8. The molecule has 0 radical (unpaired) electrons. The van der Waals surface area contributed by atoms with Gasteiger partial charge >= 0.3 is 5.97 Å². The van der Waals surface area contributed by atoms with Gasteiger partial charge in [0.05, 0.1) is 11.8 Å². The van der Waals surface area contributed by atoms with Crippen LogP contribution in [0.5, 0.6) is 0 Å². The molecule has 2 fully saturated rings. The highest BCUT2D eigenvalue weighted by Crippen LogP contribution is 2.48. The molecule has 6 heteroatoms. The fourth-order valence-corrected chi connectivity index (χ4v) is 5.06. The first-order valence-corrected chi connectivity index (χ1v) is 10.5. The molecule has 1 aromatic carbocycles. The van der Waals surface area contributed by atoms with Crippen LogP contribution in [0.2, 0.25) is 0 Å². The summed E-state index contributed by atoms with van der Waals surface area (Å²) >= 11 is 0. The van der Waals surface area contributed by atoms with Gasteiger partial charge < -0.3 is 15.3 Å². The van der Waals surface area contributed by atoms with Crippen LogP contribution in [-0.4, -0.2) is 40.9 Å². The molecule has 1 saturated carbocycles. The molecule has 1 aliphatic heterocycles. The van der Waals surface area contributed by atoms with E-state index in [0.29, 0.717) is 17.2 Å². The second-order valence-corrected chi connectivity index (χ2v) is 8.83. The fraction of sp³-hybridized carbons (Fsp3) is 0.522. The molecule has 1 aromatic rings. The van der Waals surface area contributed by atoms with Crippen LogP contribution in [0, 0.1) is 36.5 Å². The van der Waals surface area contributed by atoms with Gasteiger partial charge in [-0.3, -0.25) is 14.4 Å². The third-order valence-corrected chi connectivity index (χ3v) is 6.85. The van der Waals surface area contributed by atoms with Crippen molar-refractivity contribution in [3.8, 4) is 0 Å². The summed E-state index contributed by atoms with van der Waals surface area (Å²) in [6, 6.07) is 5.32. The maximum absolute atomic E-state index is 12.9. The van der Waals surface area contributed by atoms with Crippen molar-refractivity contribution in [1.82, 2.24) is 4.90 Å². The monoisotopic (exact) mass is 396 g/mol. The Morgan fingerprint density at radius 2 is 1.72 bits per heavy atom. The number of likely N-dealkylation sites (tertiary alicyclic amines) is 1. The topological polar surface area (TPSA) is 86.7 Å². The van der Waals surface area contributed by atoms with Gasteiger partial charge in [-0.2, -0.15) is 0 Å². The smallest absolute Gasteiger partial charge is 0.307 e. The Kier molecular flexibility index (Phi) is 5.19. The number of benzene rings is 1. The summed E-state index contributed by atoms with van der Waals surface area (Å²) in [4.78, 5) is 39.2. The Bertz CT molecular complexity index is 870. The minimum absolute atomic E-state index is 0.0104. The second kappa shape index (κ2) is 7.65. The van der Waals surface area contributed by atoms with Crippen LogP contribution in [0.25, 0.3) is 0 Å². The summed E-state index contributed by atoms with van der Waals surface area (Å²) in [5, 5.41) is 12.5. The van der Waals surface area contributed by atoms with Gasteiger partial charge in [-0.1, -0.05) is 19.1 Å². The van der Waals surface area contributed by atoms with E-state index in [2.05, 4.69) is 12.2 Å². The molecular formula is C23H28N2O4. The molecule has 1 saturated heterocycles. The van der Waals surface area contributed by atoms with Gasteiger partial charge in [-0.25, -0.2) is 0 Å². The zero-order chi connectivity index (χ0) is 20.7. The molecule has 2 aliphatic carbocycles. The normalized spacial score (nSPS) is 28.6. The molecule has 0 spiro atoms. The van der Waals surface area contributed by atoms with Crippen LogP contribution in [0.4, 0.5) is 5.69 Å². The number of amides is 2. The third kappa shape index (κ3) is 3.68. The molecule has 154 valence electrons. The van der Waals surface area contributed by atoms with Crippen LogP contribution in [0.3, 0.4) is 0 Å². The van der Waals surface area contributed by atoms with Gasteiger partial charge in [0, 0.05) is 24.3 Å². The molecule has 4 rings (SSSR count). The van der Waals surface area contributed by atoms with Crippen LogP contribution >= 0.6 is 0 Å². The van der Waals surface area contributed by atoms with E-state index in [1.165, 1.54) is 0 Å². The highest BCUT2D eigenvalue weighted by atomic mass is 16.4. The van der Waals surface area contributed by atoms with E-state index in [1.807, 2.05) is 30.0 Å². The van der Waals surface area contributed by atoms with Crippen molar-refractivity contribution < 1.29 is 19.5 Å². The Labute approximate surface area is 171 Å². The standard InChI is InChI=1S/C23H28N2O4/c1-13-7-9-25(10-8-13)22(27)17-5-6-18(14(2)11-17)24-21(26)19-15-3-4-16(12-15)20(19)23(28)29/h3-6,11,13,15-16,19-20H,7-10,12H2,1-2H3,(H,24,26)(H,28,29). The zero-order valence-corrected chi connectivity index (χ0v) is 16.9. The number of carbonyl (C=O) groups is 3. The molecule has 0 aromatic heterocycles. The lowest BCUT2D eigenvalue weighted by molar-refractivity contribution is -0.146. The van der Waals surface area contributed by atoms with E-state index < -0.39 is 17.8 Å². The van der Waals surface area contributed by atoms with Crippen molar-refractivity contribution in [2.75, 3.05) is 18.4 Å². The highest BCUT2D eigenvalue weighted by molar-refractivity contribution is 5.98. The minimum atomic E-state index is -0.907. The van der Waals surface area contributed by atoms with Crippen molar-refractivity contribution in [1.29, 1.82) is 0 Å². The summed E-state index contributed by atoms with van der Waals surface area (Å²) in [6.45, 7) is 5.64. The Morgan fingerprint density at radius 1 is 1.07 bits per heavy atom. The van der Waals surface area contributed by atoms with E-state index in [0.717, 1.165) is 37.9 Å². The second-order valence-electron chi connectivity index (χ2n) is 8.83. The lowest BCUT2D eigenvalue weighted by Gasteiger charge is -2.30. The minimum Gasteiger partial charge on any atom is -0.481 e. The zero-order valence-electron chi connectivity index (χ0n) is 16.9. The van der Waals surface area contributed by atoms with Crippen molar-refractivity contribution in [3.05, 3.63) is 41.5 Å². The number of aliphatic carboxylic acids is 1. The number of allylic oxidation sites excluding steroid dienone is 2. The number of rotatable bonds is 4. The number of anilines is 1. The molecule has 4 atom stereocenters. The van der Waals surface area contributed by atoms with E-state index in [-0.39, 0.29) is 23.7 Å². The van der Waals surface area contributed by atoms with E-state index >= 15 is 0 Å².